The minimum atomic E-state index is -3.94. The van der Waals surface area contributed by atoms with E-state index < -0.39 is 10.0 Å². The van der Waals surface area contributed by atoms with Crippen LogP contribution in [0.2, 0.25) is 0 Å². The first-order chi connectivity index (χ1) is 16.8. The summed E-state index contributed by atoms with van der Waals surface area (Å²) in [6, 6.07) is 20.6. The Labute approximate surface area is 211 Å². The molecule has 1 N–H and O–H groups in total. The van der Waals surface area contributed by atoms with Crippen LogP contribution in [-0.4, -0.2) is 33.2 Å². The number of sulfonamides is 1. The van der Waals surface area contributed by atoms with Gasteiger partial charge in [0.05, 0.1) is 10.6 Å². The summed E-state index contributed by atoms with van der Waals surface area (Å²) in [5, 5.41) is 2.83. The van der Waals surface area contributed by atoms with Crippen LogP contribution in [0.25, 0.3) is 0 Å². The minimum Gasteiger partial charge on any atom is -0.354 e. The number of benzene rings is 3. The Morgan fingerprint density at radius 1 is 0.971 bits per heavy atom. The van der Waals surface area contributed by atoms with Gasteiger partial charge in [0.25, 0.3) is 10.0 Å². The molecule has 5 nitrogen and oxygen atoms in total. The number of halogens is 1. The van der Waals surface area contributed by atoms with Gasteiger partial charge in [0.1, 0.15) is 12.4 Å². The second kappa shape index (κ2) is 12.7. The molecule has 1 amide bonds. The fourth-order valence-corrected chi connectivity index (χ4v) is 5.98. The summed E-state index contributed by atoms with van der Waals surface area (Å²) < 4.78 is 42.0. The number of hydrogen-bond acceptors (Lipinski definition) is 4. The third-order valence-corrected chi connectivity index (χ3v) is 8.41. The number of hydrogen-bond donors (Lipinski definition) is 1. The molecular formula is C27H31FN2O3S2. The van der Waals surface area contributed by atoms with E-state index in [4.69, 9.17) is 0 Å². The number of thioether (sulfide) groups is 1. The molecule has 3 rings (SSSR count). The fraction of sp³-hybridized carbons (Fsp3) is 0.296. The molecule has 0 spiro atoms. The van der Waals surface area contributed by atoms with Gasteiger partial charge in [0.15, 0.2) is 0 Å². The second-order valence-electron chi connectivity index (χ2n) is 8.15. The van der Waals surface area contributed by atoms with Crippen LogP contribution in [-0.2, 0) is 27.0 Å². The molecule has 0 saturated carbocycles. The molecule has 0 heterocycles. The van der Waals surface area contributed by atoms with E-state index in [-0.39, 0.29) is 23.2 Å². The Balaban J connectivity index is 1.63. The lowest BCUT2D eigenvalue weighted by Gasteiger charge is -2.26. The lowest BCUT2D eigenvalue weighted by atomic mass is 10.1. The highest BCUT2D eigenvalue weighted by Gasteiger charge is 2.28. The van der Waals surface area contributed by atoms with Crippen LogP contribution in [0.1, 0.15) is 30.0 Å². The topological polar surface area (TPSA) is 66.5 Å². The maximum absolute atomic E-state index is 13.7. The first kappa shape index (κ1) is 26.8. The molecule has 0 atom stereocenters. The molecule has 0 saturated heterocycles. The van der Waals surface area contributed by atoms with E-state index in [0.717, 1.165) is 16.9 Å². The molecule has 0 radical (unpaired) electrons. The summed E-state index contributed by atoms with van der Waals surface area (Å²) >= 11 is 1.59. The van der Waals surface area contributed by atoms with Crippen LogP contribution < -0.4 is 9.62 Å². The molecule has 0 fully saturated rings. The molecule has 0 aliphatic heterocycles. The van der Waals surface area contributed by atoms with E-state index in [9.17, 15) is 17.6 Å². The number of carbonyl (C=O) groups is 1. The zero-order chi connectivity index (χ0) is 25.3. The van der Waals surface area contributed by atoms with Gasteiger partial charge in [-0.15, -0.1) is 0 Å². The number of para-hydroxylation sites is 1. The minimum absolute atomic E-state index is 0.145. The standard InChI is InChI=1S/C27H31FN2O3S2/c1-3-22-9-5-7-12-26(22)30(35(32,33)24-15-13-21(2)14-16-24)19-27(31)29-17-8-18-34-20-23-10-4-6-11-25(23)28/h4-7,9-16H,3,8,17-20H2,1-2H3,(H,29,31). The maximum Gasteiger partial charge on any atom is 0.264 e. The number of aryl methyl sites for hydroxylation is 2. The molecule has 8 heteroatoms. The van der Waals surface area contributed by atoms with Gasteiger partial charge >= 0.3 is 0 Å². The maximum atomic E-state index is 13.7. The number of nitrogens with zero attached hydrogens (tertiary/aromatic N) is 1. The summed E-state index contributed by atoms with van der Waals surface area (Å²) in [7, 11) is -3.94. The van der Waals surface area contributed by atoms with Crippen molar-refractivity contribution in [3.63, 3.8) is 0 Å². The molecule has 35 heavy (non-hydrogen) atoms. The monoisotopic (exact) mass is 514 g/mol. The summed E-state index contributed by atoms with van der Waals surface area (Å²) in [6.45, 7) is 3.95. The van der Waals surface area contributed by atoms with E-state index >= 15 is 0 Å². The van der Waals surface area contributed by atoms with E-state index in [0.29, 0.717) is 36.4 Å². The highest BCUT2D eigenvalue weighted by Crippen LogP contribution is 2.27. The molecular weight excluding hydrogens is 483 g/mol. The SMILES string of the molecule is CCc1ccccc1N(CC(=O)NCCCSCc1ccccc1F)S(=O)(=O)c1ccc(C)cc1. The van der Waals surface area contributed by atoms with Crippen molar-refractivity contribution in [3.05, 3.63) is 95.3 Å². The zero-order valence-electron chi connectivity index (χ0n) is 20.0. The van der Waals surface area contributed by atoms with Crippen LogP contribution in [0.3, 0.4) is 0 Å². The van der Waals surface area contributed by atoms with Gasteiger partial charge in [-0.2, -0.15) is 11.8 Å². The van der Waals surface area contributed by atoms with Crippen LogP contribution in [0.15, 0.2) is 77.7 Å². The van der Waals surface area contributed by atoms with Crippen LogP contribution in [0.4, 0.5) is 10.1 Å². The third-order valence-electron chi connectivity index (χ3n) is 5.54. The van der Waals surface area contributed by atoms with E-state index in [1.165, 1.54) is 10.4 Å². The summed E-state index contributed by atoms with van der Waals surface area (Å²) in [5.74, 6) is 0.733. The largest absolute Gasteiger partial charge is 0.354 e. The van der Waals surface area contributed by atoms with Crippen molar-refractivity contribution in [1.29, 1.82) is 0 Å². The third kappa shape index (κ3) is 7.32. The van der Waals surface area contributed by atoms with Crippen molar-refractivity contribution in [3.8, 4) is 0 Å². The molecule has 0 unspecified atom stereocenters. The highest BCUT2D eigenvalue weighted by atomic mass is 32.2. The van der Waals surface area contributed by atoms with Gasteiger partial charge in [-0.25, -0.2) is 12.8 Å². The van der Waals surface area contributed by atoms with Gasteiger partial charge < -0.3 is 5.32 Å². The Kier molecular flexibility index (Phi) is 9.74. The number of nitrogens with one attached hydrogen (secondary N) is 1. The predicted molar refractivity (Wildman–Crippen MR) is 142 cm³/mol. The molecule has 0 aromatic heterocycles. The second-order valence-corrected chi connectivity index (χ2v) is 11.1. The van der Waals surface area contributed by atoms with Gasteiger partial charge in [0.2, 0.25) is 5.91 Å². The van der Waals surface area contributed by atoms with Gasteiger partial charge in [-0.3, -0.25) is 9.10 Å². The molecule has 186 valence electrons. The first-order valence-corrected chi connectivity index (χ1v) is 14.2. The van der Waals surface area contributed by atoms with Crippen LogP contribution >= 0.6 is 11.8 Å². The summed E-state index contributed by atoms with van der Waals surface area (Å²) in [6.07, 6.45) is 1.33. The average molecular weight is 515 g/mol. The van der Waals surface area contributed by atoms with Crippen molar-refractivity contribution in [2.75, 3.05) is 23.1 Å². The van der Waals surface area contributed by atoms with Crippen molar-refractivity contribution in [2.45, 2.75) is 37.3 Å². The van der Waals surface area contributed by atoms with Gasteiger partial charge in [0, 0.05) is 12.3 Å². The smallest absolute Gasteiger partial charge is 0.264 e. The first-order valence-electron chi connectivity index (χ1n) is 11.6. The fourth-order valence-electron chi connectivity index (χ4n) is 3.58. The van der Waals surface area contributed by atoms with E-state index in [1.807, 2.05) is 32.0 Å². The lowest BCUT2D eigenvalue weighted by molar-refractivity contribution is -0.119. The Hall–Kier alpha value is -2.84. The normalized spacial score (nSPS) is 11.3. The molecule has 3 aromatic rings. The molecule has 0 aliphatic carbocycles. The predicted octanol–water partition coefficient (Wildman–Crippen LogP) is 5.33. The Bertz CT molecular complexity index is 1230. The molecule has 3 aromatic carbocycles. The summed E-state index contributed by atoms with van der Waals surface area (Å²) in [5.41, 5.74) is 2.97. The molecule has 0 aliphatic rings. The Morgan fingerprint density at radius 3 is 2.31 bits per heavy atom. The van der Waals surface area contributed by atoms with Crippen LogP contribution in [0.5, 0.6) is 0 Å². The number of rotatable bonds is 12. The van der Waals surface area contributed by atoms with Gasteiger partial charge in [-0.1, -0.05) is 61.0 Å². The van der Waals surface area contributed by atoms with Gasteiger partial charge in [-0.05, 0) is 60.9 Å². The van der Waals surface area contributed by atoms with Crippen molar-refractivity contribution in [2.24, 2.45) is 0 Å². The lowest BCUT2D eigenvalue weighted by Crippen LogP contribution is -2.41. The quantitative estimate of drug-likeness (QED) is 0.332. The van der Waals surface area contributed by atoms with Crippen molar-refractivity contribution < 1.29 is 17.6 Å². The summed E-state index contributed by atoms with van der Waals surface area (Å²) in [4.78, 5) is 12.9. The average Bonchev–Trinajstić information content (AvgIpc) is 2.86. The van der Waals surface area contributed by atoms with Crippen molar-refractivity contribution >= 4 is 33.4 Å². The highest BCUT2D eigenvalue weighted by molar-refractivity contribution is 7.98. The number of carbonyl (C=O) groups excluding carboxylic acids is 1. The number of anilines is 1. The Morgan fingerprint density at radius 2 is 1.63 bits per heavy atom. The van der Waals surface area contributed by atoms with E-state index in [1.54, 1.807) is 60.3 Å². The zero-order valence-corrected chi connectivity index (χ0v) is 21.7. The number of amides is 1. The molecule has 0 bridgehead atoms. The van der Waals surface area contributed by atoms with Crippen LogP contribution in [0, 0.1) is 12.7 Å². The van der Waals surface area contributed by atoms with E-state index in [2.05, 4.69) is 5.32 Å². The van der Waals surface area contributed by atoms with Crippen molar-refractivity contribution in [1.82, 2.24) is 5.32 Å².